The lowest BCUT2D eigenvalue weighted by Crippen LogP contribution is -2.26. The molecule has 7 heteroatoms. The quantitative estimate of drug-likeness (QED) is 0.682. The van der Waals surface area contributed by atoms with Crippen molar-refractivity contribution in [1.82, 2.24) is 14.8 Å². The second-order valence-electron chi connectivity index (χ2n) is 5.69. The molecule has 0 N–H and O–H groups in total. The molecule has 0 saturated carbocycles. The van der Waals surface area contributed by atoms with Crippen molar-refractivity contribution >= 4 is 11.6 Å². The molecule has 1 heterocycles. The first-order valence-corrected chi connectivity index (χ1v) is 8.04. The molecular formula is C19H20N4O3. The number of ether oxygens (including phenoxy) is 2. The van der Waals surface area contributed by atoms with Crippen LogP contribution in [0, 0.1) is 0 Å². The first-order valence-electron chi connectivity index (χ1n) is 8.04. The van der Waals surface area contributed by atoms with Crippen molar-refractivity contribution in [2.45, 2.75) is 6.54 Å². The third-order valence-corrected chi connectivity index (χ3v) is 4.07. The highest BCUT2D eigenvalue weighted by atomic mass is 16.5. The molecule has 7 nitrogen and oxygen atoms in total. The zero-order valence-corrected chi connectivity index (χ0v) is 14.9. The molecule has 0 spiro atoms. The highest BCUT2D eigenvalue weighted by Crippen LogP contribution is 2.31. The summed E-state index contributed by atoms with van der Waals surface area (Å²) in [5.74, 6) is 1.09. The largest absolute Gasteiger partial charge is 0.493 e. The van der Waals surface area contributed by atoms with Gasteiger partial charge in [-0.05, 0) is 29.8 Å². The first-order chi connectivity index (χ1) is 12.6. The number of rotatable bonds is 6. The fraction of sp³-hybridized carbons (Fsp3) is 0.211. The maximum absolute atomic E-state index is 12.8. The Kier molecular flexibility index (Phi) is 5.17. The number of benzene rings is 2. The zero-order valence-electron chi connectivity index (χ0n) is 14.9. The number of aromatic nitrogens is 3. The number of amides is 1. The predicted octanol–water partition coefficient (Wildman–Crippen LogP) is 2.62. The minimum atomic E-state index is -0.107. The number of hydrogen-bond acceptors (Lipinski definition) is 5. The Morgan fingerprint density at radius 2 is 1.81 bits per heavy atom. The van der Waals surface area contributed by atoms with Gasteiger partial charge in [-0.2, -0.15) is 5.10 Å². The Morgan fingerprint density at radius 1 is 1.08 bits per heavy atom. The summed E-state index contributed by atoms with van der Waals surface area (Å²) in [7, 11) is 4.87. The van der Waals surface area contributed by atoms with Gasteiger partial charge in [-0.15, -0.1) is 0 Å². The summed E-state index contributed by atoms with van der Waals surface area (Å²) in [6, 6.07) is 12.8. The van der Waals surface area contributed by atoms with Crippen molar-refractivity contribution in [3.63, 3.8) is 0 Å². The molecule has 1 amide bonds. The highest BCUT2D eigenvalue weighted by Gasteiger charge is 2.15. The summed E-state index contributed by atoms with van der Waals surface area (Å²) >= 11 is 0. The summed E-state index contributed by atoms with van der Waals surface area (Å²) in [6.07, 6.45) is 3.15. The van der Waals surface area contributed by atoms with E-state index in [-0.39, 0.29) is 5.91 Å². The molecule has 3 aromatic rings. The van der Waals surface area contributed by atoms with E-state index in [9.17, 15) is 4.79 Å². The number of nitrogens with zero attached hydrogens (tertiary/aromatic N) is 4. The van der Waals surface area contributed by atoms with Gasteiger partial charge in [-0.25, -0.2) is 9.67 Å². The molecule has 0 aliphatic carbocycles. The predicted molar refractivity (Wildman–Crippen MR) is 97.8 cm³/mol. The normalized spacial score (nSPS) is 10.4. The Hall–Kier alpha value is -3.35. The lowest BCUT2D eigenvalue weighted by molar-refractivity contribution is 0.0993. The van der Waals surface area contributed by atoms with E-state index < -0.39 is 0 Å². The van der Waals surface area contributed by atoms with Crippen LogP contribution in [-0.4, -0.2) is 41.9 Å². The van der Waals surface area contributed by atoms with Crippen LogP contribution in [0.1, 0.15) is 15.9 Å². The number of carbonyl (C=O) groups excluding carboxylic acids is 1. The van der Waals surface area contributed by atoms with Crippen molar-refractivity contribution in [3.8, 4) is 11.5 Å². The van der Waals surface area contributed by atoms with Gasteiger partial charge in [0.25, 0.3) is 5.91 Å². The third-order valence-electron chi connectivity index (χ3n) is 4.07. The van der Waals surface area contributed by atoms with Gasteiger partial charge in [0.05, 0.1) is 20.8 Å². The smallest absolute Gasteiger partial charge is 0.258 e. The zero-order chi connectivity index (χ0) is 18.5. The van der Waals surface area contributed by atoms with Crippen LogP contribution in [0.4, 0.5) is 5.69 Å². The maximum atomic E-state index is 12.8. The third kappa shape index (κ3) is 3.66. The van der Waals surface area contributed by atoms with Gasteiger partial charge in [0.15, 0.2) is 11.5 Å². The molecule has 0 unspecified atom stereocenters. The fourth-order valence-corrected chi connectivity index (χ4v) is 2.60. The van der Waals surface area contributed by atoms with Gasteiger partial charge in [0, 0.05) is 24.4 Å². The number of anilines is 1. The molecule has 0 saturated heterocycles. The van der Waals surface area contributed by atoms with E-state index in [4.69, 9.17) is 9.47 Å². The van der Waals surface area contributed by atoms with Gasteiger partial charge in [0.1, 0.15) is 12.7 Å². The monoisotopic (exact) mass is 352 g/mol. The van der Waals surface area contributed by atoms with E-state index >= 15 is 0 Å². The average molecular weight is 352 g/mol. The Morgan fingerprint density at radius 3 is 2.42 bits per heavy atom. The summed E-state index contributed by atoms with van der Waals surface area (Å²) in [6.45, 7) is 0.611. The topological polar surface area (TPSA) is 69.5 Å². The van der Waals surface area contributed by atoms with Crippen LogP contribution in [0.15, 0.2) is 55.1 Å². The van der Waals surface area contributed by atoms with Gasteiger partial charge in [-0.1, -0.05) is 12.1 Å². The van der Waals surface area contributed by atoms with Crippen LogP contribution >= 0.6 is 0 Å². The first kappa shape index (κ1) is 17.5. The molecule has 2 aromatic carbocycles. The van der Waals surface area contributed by atoms with Crippen molar-refractivity contribution in [2.24, 2.45) is 0 Å². The van der Waals surface area contributed by atoms with Crippen LogP contribution in [0.25, 0.3) is 0 Å². The van der Waals surface area contributed by atoms with Crippen LogP contribution < -0.4 is 14.4 Å². The van der Waals surface area contributed by atoms with E-state index in [1.165, 1.54) is 6.33 Å². The molecule has 1 aromatic heterocycles. The molecule has 0 aliphatic rings. The van der Waals surface area contributed by atoms with Crippen LogP contribution in [0.2, 0.25) is 0 Å². The standard InChI is InChI=1S/C19H20N4O3/c1-22(16-8-9-17(25-2)18(10-16)26-3)19(24)15-6-4-14(5-7-15)11-23-13-20-12-21-23/h4-10,12-13H,11H2,1-3H3. The number of carbonyl (C=O) groups is 1. The maximum Gasteiger partial charge on any atom is 0.258 e. The molecule has 26 heavy (non-hydrogen) atoms. The SMILES string of the molecule is COc1ccc(N(C)C(=O)c2ccc(Cn3cncn3)cc2)cc1OC. The van der Waals surface area contributed by atoms with Gasteiger partial charge in [0.2, 0.25) is 0 Å². The number of hydrogen-bond donors (Lipinski definition) is 0. The van der Waals surface area contributed by atoms with Crippen molar-refractivity contribution in [1.29, 1.82) is 0 Å². The summed E-state index contributed by atoms with van der Waals surface area (Å²) < 4.78 is 12.3. The van der Waals surface area contributed by atoms with Gasteiger partial charge < -0.3 is 14.4 Å². The average Bonchev–Trinajstić information content (AvgIpc) is 3.20. The molecular weight excluding hydrogens is 332 g/mol. The molecule has 0 atom stereocenters. The lowest BCUT2D eigenvalue weighted by atomic mass is 10.1. The van der Waals surface area contributed by atoms with Gasteiger partial charge in [-0.3, -0.25) is 4.79 Å². The minimum Gasteiger partial charge on any atom is -0.493 e. The summed E-state index contributed by atoms with van der Waals surface area (Å²) in [4.78, 5) is 18.3. The van der Waals surface area contributed by atoms with E-state index in [2.05, 4.69) is 10.1 Å². The van der Waals surface area contributed by atoms with Crippen LogP contribution in [0.5, 0.6) is 11.5 Å². The molecule has 3 rings (SSSR count). The Labute approximate surface area is 151 Å². The van der Waals surface area contributed by atoms with E-state index in [0.717, 1.165) is 11.3 Å². The Bertz CT molecular complexity index is 876. The van der Waals surface area contributed by atoms with E-state index in [0.29, 0.717) is 23.6 Å². The fourth-order valence-electron chi connectivity index (χ4n) is 2.60. The molecule has 0 radical (unpaired) electrons. The minimum absolute atomic E-state index is 0.107. The van der Waals surface area contributed by atoms with Crippen molar-refractivity contribution < 1.29 is 14.3 Å². The lowest BCUT2D eigenvalue weighted by Gasteiger charge is -2.19. The van der Waals surface area contributed by atoms with E-state index in [1.807, 2.05) is 30.3 Å². The molecule has 134 valence electrons. The van der Waals surface area contributed by atoms with E-state index in [1.54, 1.807) is 49.3 Å². The molecule has 0 fully saturated rings. The second-order valence-corrected chi connectivity index (χ2v) is 5.69. The van der Waals surface area contributed by atoms with Crippen molar-refractivity contribution in [2.75, 3.05) is 26.2 Å². The summed E-state index contributed by atoms with van der Waals surface area (Å²) in [5, 5.41) is 4.08. The Balaban J connectivity index is 1.75. The van der Waals surface area contributed by atoms with Crippen LogP contribution in [-0.2, 0) is 6.54 Å². The summed E-state index contributed by atoms with van der Waals surface area (Å²) in [5.41, 5.74) is 2.37. The number of methoxy groups -OCH3 is 2. The van der Waals surface area contributed by atoms with Gasteiger partial charge >= 0.3 is 0 Å². The highest BCUT2D eigenvalue weighted by molar-refractivity contribution is 6.05. The van der Waals surface area contributed by atoms with Crippen molar-refractivity contribution in [3.05, 3.63) is 66.2 Å². The van der Waals surface area contributed by atoms with Crippen LogP contribution in [0.3, 0.4) is 0 Å². The molecule has 0 aliphatic heterocycles. The molecule has 0 bridgehead atoms. The second kappa shape index (κ2) is 7.69.